The summed E-state index contributed by atoms with van der Waals surface area (Å²) in [5.74, 6) is -0.0349. The van der Waals surface area contributed by atoms with E-state index in [0.717, 1.165) is 0 Å². The highest BCUT2D eigenvalue weighted by molar-refractivity contribution is 6.50. The lowest BCUT2D eigenvalue weighted by Crippen LogP contribution is -2.18. The highest BCUT2D eigenvalue weighted by Gasteiger charge is 2.19. The van der Waals surface area contributed by atoms with Crippen molar-refractivity contribution in [1.82, 2.24) is 24.6 Å². The van der Waals surface area contributed by atoms with Crippen molar-refractivity contribution in [3.63, 3.8) is 0 Å². The Morgan fingerprint density at radius 3 is 2.90 bits per heavy atom. The first-order valence-corrected chi connectivity index (χ1v) is 6.05. The fourth-order valence-corrected chi connectivity index (χ4v) is 1.90. The second-order valence-electron chi connectivity index (χ2n) is 4.25. The van der Waals surface area contributed by atoms with Crippen molar-refractivity contribution >= 4 is 17.1 Å². The molecule has 3 rings (SSSR count). The van der Waals surface area contributed by atoms with Gasteiger partial charge in [0.25, 0.3) is 0 Å². The first-order chi connectivity index (χ1) is 10.2. The number of nitrogens with zero attached hydrogens (tertiary/aromatic N) is 6. The average Bonchev–Trinajstić information content (AvgIpc) is 2.95. The zero-order valence-electron chi connectivity index (χ0n) is 11.0. The summed E-state index contributed by atoms with van der Waals surface area (Å²) in [7, 11) is 0. The Morgan fingerprint density at radius 1 is 1.29 bits per heavy atom. The number of Topliss-reactive ketones (excluding diaryl/α,β-unsaturated/α-hetero) is 1. The summed E-state index contributed by atoms with van der Waals surface area (Å²) in [5, 5.41) is 16.3. The van der Waals surface area contributed by atoms with Crippen LogP contribution in [0.3, 0.4) is 0 Å². The molecule has 0 atom stereocenters. The van der Waals surface area contributed by atoms with Gasteiger partial charge in [-0.15, -0.1) is 0 Å². The molecule has 3 aromatic rings. The van der Waals surface area contributed by atoms with Gasteiger partial charge < -0.3 is 5.21 Å². The highest BCUT2D eigenvalue weighted by atomic mass is 16.4. The number of hydrogen-bond acceptors (Lipinski definition) is 7. The molecule has 0 saturated carbocycles. The average molecular weight is 282 g/mol. The largest absolute Gasteiger partial charge is 0.410 e. The Morgan fingerprint density at radius 2 is 2.14 bits per heavy atom. The third-order valence-electron chi connectivity index (χ3n) is 2.87. The fourth-order valence-electron chi connectivity index (χ4n) is 1.90. The molecule has 8 nitrogen and oxygen atoms in total. The lowest BCUT2D eigenvalue weighted by atomic mass is 10.1. The van der Waals surface area contributed by atoms with Crippen LogP contribution in [0.4, 0.5) is 0 Å². The molecule has 0 saturated heterocycles. The molecule has 0 aliphatic carbocycles. The first kappa shape index (κ1) is 12.9. The molecule has 0 bridgehead atoms. The number of rotatable bonds is 3. The second kappa shape index (κ2) is 5.08. The summed E-state index contributed by atoms with van der Waals surface area (Å²) < 4.78 is 1.49. The molecule has 0 aliphatic rings. The van der Waals surface area contributed by atoms with Crippen LogP contribution in [0.25, 0.3) is 5.65 Å². The Balaban J connectivity index is 2.03. The van der Waals surface area contributed by atoms with Gasteiger partial charge in [-0.25, -0.2) is 19.5 Å². The second-order valence-corrected chi connectivity index (χ2v) is 4.25. The van der Waals surface area contributed by atoms with Crippen molar-refractivity contribution in [3.8, 4) is 0 Å². The molecule has 0 radical (unpaired) electrons. The molecule has 8 heteroatoms. The van der Waals surface area contributed by atoms with E-state index in [-0.39, 0.29) is 11.4 Å². The van der Waals surface area contributed by atoms with Crippen LogP contribution < -0.4 is 0 Å². The number of aromatic nitrogens is 5. The minimum absolute atomic E-state index is 0.120. The van der Waals surface area contributed by atoms with Gasteiger partial charge in [0.15, 0.2) is 11.4 Å². The van der Waals surface area contributed by atoms with Gasteiger partial charge in [0.05, 0.1) is 0 Å². The number of carbonyl (C=O) groups is 1. The predicted octanol–water partition coefficient (Wildman–Crippen LogP) is 0.889. The van der Waals surface area contributed by atoms with E-state index in [9.17, 15) is 10.0 Å². The van der Waals surface area contributed by atoms with Crippen molar-refractivity contribution in [2.75, 3.05) is 0 Å². The van der Waals surface area contributed by atoms with Gasteiger partial charge in [0.2, 0.25) is 5.78 Å². The molecule has 0 spiro atoms. The molecule has 3 heterocycles. The van der Waals surface area contributed by atoms with E-state index < -0.39 is 5.78 Å². The van der Waals surface area contributed by atoms with Gasteiger partial charge in [-0.05, 0) is 25.1 Å². The third-order valence-corrected chi connectivity index (χ3v) is 2.87. The highest BCUT2D eigenvalue weighted by Crippen LogP contribution is 2.09. The standard InChI is InChI=1S/C13H10N6O2/c1-8-14-5-4-10(17-8)13(20)12(18-21)9-2-3-11-15-7-16-19(11)6-9/h2-7,21H,1H3. The van der Waals surface area contributed by atoms with E-state index in [1.807, 2.05) is 0 Å². The Hall–Kier alpha value is -3.16. The van der Waals surface area contributed by atoms with Gasteiger partial charge in [0, 0.05) is 18.0 Å². The van der Waals surface area contributed by atoms with Gasteiger partial charge >= 0.3 is 0 Å². The number of pyridine rings is 1. The van der Waals surface area contributed by atoms with E-state index in [4.69, 9.17) is 0 Å². The number of ketones is 1. The maximum atomic E-state index is 12.4. The topological polar surface area (TPSA) is 106 Å². The van der Waals surface area contributed by atoms with Crippen molar-refractivity contribution in [1.29, 1.82) is 0 Å². The quantitative estimate of drug-likeness (QED) is 0.331. The SMILES string of the molecule is Cc1nccc(C(=O)C(=NO)c2ccc3ncnn3c2)n1. The minimum Gasteiger partial charge on any atom is -0.410 e. The van der Waals surface area contributed by atoms with Gasteiger partial charge in [-0.1, -0.05) is 5.16 Å². The third kappa shape index (κ3) is 2.34. The number of aryl methyl sites for hydroxylation is 1. The fraction of sp³-hybridized carbons (Fsp3) is 0.0769. The van der Waals surface area contributed by atoms with Gasteiger partial charge in [-0.3, -0.25) is 4.79 Å². The van der Waals surface area contributed by atoms with Crippen LogP contribution >= 0.6 is 0 Å². The molecule has 104 valence electrons. The molecule has 0 fully saturated rings. The normalized spacial score (nSPS) is 11.8. The summed E-state index contributed by atoms with van der Waals surface area (Å²) >= 11 is 0. The van der Waals surface area contributed by atoms with Crippen LogP contribution in [0.5, 0.6) is 0 Å². The van der Waals surface area contributed by atoms with E-state index in [1.165, 1.54) is 23.1 Å². The molecule has 0 unspecified atom stereocenters. The molecule has 1 N–H and O–H groups in total. The number of fused-ring (bicyclic) bond motifs is 1. The summed E-state index contributed by atoms with van der Waals surface area (Å²) in [6.07, 6.45) is 4.43. The van der Waals surface area contributed by atoms with Crippen molar-refractivity contribution in [3.05, 3.63) is 54.0 Å². The van der Waals surface area contributed by atoms with Crippen molar-refractivity contribution in [2.45, 2.75) is 6.92 Å². The van der Waals surface area contributed by atoms with Crippen LogP contribution in [0.2, 0.25) is 0 Å². The lowest BCUT2D eigenvalue weighted by Gasteiger charge is -2.04. The van der Waals surface area contributed by atoms with E-state index >= 15 is 0 Å². The van der Waals surface area contributed by atoms with Crippen LogP contribution in [0.15, 0.2) is 42.1 Å². The zero-order chi connectivity index (χ0) is 14.8. The maximum absolute atomic E-state index is 12.4. The number of oxime groups is 1. The van der Waals surface area contributed by atoms with E-state index in [2.05, 4.69) is 25.2 Å². The lowest BCUT2D eigenvalue weighted by molar-refractivity contribution is 0.105. The Kier molecular flexibility index (Phi) is 3.11. The molecule has 0 amide bonds. The van der Waals surface area contributed by atoms with Gasteiger partial charge in [0.1, 0.15) is 17.8 Å². The predicted molar refractivity (Wildman–Crippen MR) is 72.4 cm³/mol. The Bertz CT molecular complexity index is 854. The van der Waals surface area contributed by atoms with Crippen molar-refractivity contribution in [2.24, 2.45) is 5.16 Å². The monoisotopic (exact) mass is 282 g/mol. The van der Waals surface area contributed by atoms with Crippen LogP contribution in [0.1, 0.15) is 21.9 Å². The van der Waals surface area contributed by atoms with E-state index in [1.54, 1.807) is 25.3 Å². The summed E-state index contributed by atoms with van der Waals surface area (Å²) in [4.78, 5) is 24.3. The molecular formula is C13H10N6O2. The first-order valence-electron chi connectivity index (χ1n) is 6.05. The van der Waals surface area contributed by atoms with Crippen molar-refractivity contribution < 1.29 is 10.0 Å². The molecule has 0 aliphatic heterocycles. The molecule has 21 heavy (non-hydrogen) atoms. The summed E-state index contributed by atoms with van der Waals surface area (Å²) in [5.41, 5.74) is 1.08. The molecule has 0 aromatic carbocycles. The van der Waals surface area contributed by atoms with Crippen LogP contribution in [-0.4, -0.2) is 41.3 Å². The zero-order valence-corrected chi connectivity index (χ0v) is 11.0. The molecular weight excluding hydrogens is 272 g/mol. The van der Waals surface area contributed by atoms with Crippen LogP contribution in [-0.2, 0) is 0 Å². The maximum Gasteiger partial charge on any atom is 0.233 e. The molecule has 3 aromatic heterocycles. The summed E-state index contributed by atoms with van der Waals surface area (Å²) in [6, 6.07) is 4.77. The number of hydrogen-bond donors (Lipinski definition) is 1. The smallest absolute Gasteiger partial charge is 0.233 e. The Labute approximate surface area is 118 Å². The number of carbonyl (C=O) groups excluding carboxylic acids is 1. The van der Waals surface area contributed by atoms with E-state index in [0.29, 0.717) is 17.0 Å². The van der Waals surface area contributed by atoms with Crippen LogP contribution in [0, 0.1) is 6.92 Å². The van der Waals surface area contributed by atoms with Gasteiger partial charge in [-0.2, -0.15) is 5.10 Å². The summed E-state index contributed by atoms with van der Waals surface area (Å²) in [6.45, 7) is 1.67. The minimum atomic E-state index is -0.498.